The molecular weight excluding hydrogens is 450 g/mol. The summed E-state index contributed by atoms with van der Waals surface area (Å²) in [6, 6.07) is 2.44. The van der Waals surface area contributed by atoms with Crippen molar-refractivity contribution in [3.63, 3.8) is 0 Å². The summed E-state index contributed by atoms with van der Waals surface area (Å²) in [5, 5.41) is 10.5. The second-order valence-electron chi connectivity index (χ2n) is 9.03. The number of carbonyl (C=O) groups is 3. The standard InChI is InChI=1S/C22H27N3O7S/c1-22(2)20(28)25(21(29)24(22)3)11-10-16(19(26)27)23-33(30,31)13-8-9-15-14-6-4-5-7-17(14)32-18(15)12-13/h8-9,12,16,23H,4-7,10-11H2,1-3H3,(H,26,27)/t16-/m1/s1. The number of carbonyl (C=O) groups excluding carboxylic acids is 2. The highest BCUT2D eigenvalue weighted by molar-refractivity contribution is 7.89. The van der Waals surface area contributed by atoms with Crippen LogP contribution in [0.25, 0.3) is 11.0 Å². The van der Waals surface area contributed by atoms with E-state index in [9.17, 15) is 27.9 Å². The van der Waals surface area contributed by atoms with E-state index in [1.807, 2.05) is 0 Å². The van der Waals surface area contributed by atoms with Crippen LogP contribution in [0.4, 0.5) is 4.79 Å². The van der Waals surface area contributed by atoms with E-state index in [-0.39, 0.29) is 17.9 Å². The van der Waals surface area contributed by atoms with Crippen molar-refractivity contribution in [3.05, 3.63) is 29.5 Å². The number of carboxylic acids is 1. The van der Waals surface area contributed by atoms with Crippen molar-refractivity contribution in [2.24, 2.45) is 0 Å². The normalized spacial score (nSPS) is 19.2. The number of likely N-dealkylation sites (N-methyl/N-ethyl adjacent to an activating group) is 1. The summed E-state index contributed by atoms with van der Waals surface area (Å²) in [5.74, 6) is -0.996. The highest BCUT2D eigenvalue weighted by Crippen LogP contribution is 2.33. The summed E-state index contributed by atoms with van der Waals surface area (Å²) in [4.78, 5) is 38.8. The summed E-state index contributed by atoms with van der Waals surface area (Å²) in [5.41, 5.74) is 0.506. The van der Waals surface area contributed by atoms with E-state index in [1.165, 1.54) is 24.1 Å². The maximum Gasteiger partial charge on any atom is 0.327 e. The smallest absolute Gasteiger partial charge is 0.327 e. The number of aryl methyl sites for hydroxylation is 2. The minimum absolute atomic E-state index is 0.110. The van der Waals surface area contributed by atoms with Gasteiger partial charge in [0.25, 0.3) is 5.91 Å². The molecule has 0 bridgehead atoms. The molecule has 2 aromatic rings. The number of hydrogen-bond donors (Lipinski definition) is 2. The van der Waals surface area contributed by atoms with E-state index in [1.54, 1.807) is 19.9 Å². The number of sulfonamides is 1. The van der Waals surface area contributed by atoms with Gasteiger partial charge in [-0.2, -0.15) is 4.72 Å². The number of nitrogens with one attached hydrogen (secondary N) is 1. The molecule has 1 aromatic carbocycles. The maximum atomic E-state index is 12.9. The molecule has 1 aliphatic carbocycles. The van der Waals surface area contributed by atoms with Gasteiger partial charge >= 0.3 is 12.0 Å². The molecule has 11 heteroatoms. The minimum Gasteiger partial charge on any atom is -0.480 e. The molecule has 33 heavy (non-hydrogen) atoms. The lowest BCUT2D eigenvalue weighted by molar-refractivity contribution is -0.139. The van der Waals surface area contributed by atoms with Crippen LogP contribution in [-0.4, -0.2) is 66.4 Å². The third kappa shape index (κ3) is 3.99. The van der Waals surface area contributed by atoms with Gasteiger partial charge in [0.1, 0.15) is 22.9 Å². The summed E-state index contributed by atoms with van der Waals surface area (Å²) in [6.45, 7) is 2.95. The van der Waals surface area contributed by atoms with Crippen LogP contribution in [0.2, 0.25) is 0 Å². The lowest BCUT2D eigenvalue weighted by atomic mass is 9.96. The fraction of sp³-hybridized carbons (Fsp3) is 0.500. The third-order valence-electron chi connectivity index (χ3n) is 6.60. The van der Waals surface area contributed by atoms with Crippen LogP contribution in [0.15, 0.2) is 27.5 Å². The minimum atomic E-state index is -4.19. The number of hydrogen-bond acceptors (Lipinski definition) is 6. The molecule has 3 amide bonds. The van der Waals surface area contributed by atoms with E-state index in [2.05, 4.69) is 4.72 Å². The zero-order valence-electron chi connectivity index (χ0n) is 18.8. The fourth-order valence-corrected chi connectivity index (χ4v) is 5.57. The largest absolute Gasteiger partial charge is 0.480 e. The van der Waals surface area contributed by atoms with E-state index in [4.69, 9.17) is 4.42 Å². The Kier molecular flexibility index (Phi) is 5.73. The van der Waals surface area contributed by atoms with Crippen LogP contribution < -0.4 is 4.72 Å². The van der Waals surface area contributed by atoms with E-state index < -0.39 is 39.5 Å². The molecule has 2 aliphatic rings. The Balaban J connectivity index is 1.52. The summed E-state index contributed by atoms with van der Waals surface area (Å²) in [6.07, 6.45) is 3.50. The van der Waals surface area contributed by atoms with Crippen LogP contribution in [-0.2, 0) is 32.5 Å². The Morgan fingerprint density at radius 1 is 1.24 bits per heavy atom. The van der Waals surface area contributed by atoms with Crippen molar-refractivity contribution in [1.29, 1.82) is 0 Å². The molecule has 2 N–H and O–H groups in total. The van der Waals surface area contributed by atoms with Gasteiger partial charge in [0.05, 0.1) is 4.90 Å². The Morgan fingerprint density at radius 2 is 1.94 bits per heavy atom. The number of benzene rings is 1. The van der Waals surface area contributed by atoms with Gasteiger partial charge in [-0.1, -0.05) is 0 Å². The Morgan fingerprint density at radius 3 is 2.58 bits per heavy atom. The second-order valence-corrected chi connectivity index (χ2v) is 10.7. The molecular formula is C22H27N3O7S. The van der Waals surface area contributed by atoms with E-state index in [0.29, 0.717) is 5.58 Å². The molecule has 4 rings (SSSR count). The summed E-state index contributed by atoms with van der Waals surface area (Å²) in [7, 11) is -2.71. The quantitative estimate of drug-likeness (QED) is 0.583. The van der Waals surface area contributed by atoms with Crippen molar-refractivity contribution >= 4 is 38.9 Å². The number of rotatable bonds is 7. The Labute approximate surface area is 191 Å². The van der Waals surface area contributed by atoms with Crippen molar-refractivity contribution in [2.45, 2.75) is 62.4 Å². The molecule has 1 saturated heterocycles. The van der Waals surface area contributed by atoms with Gasteiger partial charge in [-0.25, -0.2) is 13.2 Å². The molecule has 0 radical (unpaired) electrons. The molecule has 0 saturated carbocycles. The van der Waals surface area contributed by atoms with Gasteiger partial charge in [0.2, 0.25) is 10.0 Å². The van der Waals surface area contributed by atoms with Gasteiger partial charge in [-0.3, -0.25) is 14.5 Å². The lowest BCUT2D eigenvalue weighted by Gasteiger charge is -2.22. The topological polar surface area (TPSA) is 137 Å². The fourth-order valence-electron chi connectivity index (χ4n) is 4.34. The van der Waals surface area contributed by atoms with Gasteiger partial charge in [0.15, 0.2) is 0 Å². The van der Waals surface area contributed by atoms with Crippen LogP contribution in [0.5, 0.6) is 0 Å². The number of imide groups is 1. The zero-order chi connectivity index (χ0) is 24.1. The molecule has 1 atom stereocenters. The first kappa shape index (κ1) is 23.2. The molecule has 2 heterocycles. The van der Waals surface area contributed by atoms with Crippen molar-refractivity contribution < 1.29 is 32.3 Å². The predicted molar refractivity (Wildman–Crippen MR) is 118 cm³/mol. The number of urea groups is 1. The van der Waals surface area contributed by atoms with Gasteiger partial charge in [-0.15, -0.1) is 0 Å². The van der Waals surface area contributed by atoms with Crippen LogP contribution in [0.3, 0.4) is 0 Å². The molecule has 0 unspecified atom stereocenters. The highest BCUT2D eigenvalue weighted by atomic mass is 32.2. The predicted octanol–water partition coefficient (Wildman–Crippen LogP) is 2.11. The first-order valence-corrected chi connectivity index (χ1v) is 12.3. The van der Waals surface area contributed by atoms with E-state index >= 15 is 0 Å². The van der Waals surface area contributed by atoms with Gasteiger partial charge in [-0.05, 0) is 51.7 Å². The highest BCUT2D eigenvalue weighted by Gasteiger charge is 2.49. The molecule has 1 fully saturated rings. The molecule has 10 nitrogen and oxygen atoms in total. The Hall–Kier alpha value is -2.92. The first-order chi connectivity index (χ1) is 15.4. The molecule has 1 aliphatic heterocycles. The zero-order valence-corrected chi connectivity index (χ0v) is 19.6. The average Bonchev–Trinajstić information content (AvgIpc) is 3.20. The number of carboxylic acid groups (broad SMARTS) is 1. The molecule has 0 spiro atoms. The number of amides is 3. The monoisotopic (exact) mass is 477 g/mol. The van der Waals surface area contributed by atoms with Crippen LogP contribution in [0, 0.1) is 0 Å². The van der Waals surface area contributed by atoms with Crippen molar-refractivity contribution in [3.8, 4) is 0 Å². The van der Waals surface area contributed by atoms with Crippen LogP contribution in [0.1, 0.15) is 44.4 Å². The second kappa shape index (κ2) is 8.14. The van der Waals surface area contributed by atoms with E-state index in [0.717, 1.165) is 47.3 Å². The van der Waals surface area contributed by atoms with Gasteiger partial charge < -0.3 is 14.4 Å². The van der Waals surface area contributed by atoms with Gasteiger partial charge in [0, 0.05) is 37.0 Å². The number of fused-ring (bicyclic) bond motifs is 3. The first-order valence-electron chi connectivity index (χ1n) is 10.8. The number of aliphatic carboxylic acids is 1. The van der Waals surface area contributed by atoms with Crippen molar-refractivity contribution in [1.82, 2.24) is 14.5 Å². The SMILES string of the molecule is CN1C(=O)N(CC[C@@H](NS(=O)(=O)c2ccc3c4c(oc3c2)CCCC4)C(=O)O)C(=O)C1(C)C. The Bertz CT molecular complexity index is 1250. The van der Waals surface area contributed by atoms with Crippen molar-refractivity contribution in [2.75, 3.05) is 13.6 Å². The third-order valence-corrected chi connectivity index (χ3v) is 8.07. The average molecular weight is 478 g/mol. The number of nitrogens with zero attached hydrogens (tertiary/aromatic N) is 2. The number of furan rings is 1. The summed E-state index contributed by atoms with van der Waals surface area (Å²) < 4.78 is 33.9. The molecule has 178 valence electrons. The molecule has 1 aromatic heterocycles. The lowest BCUT2D eigenvalue weighted by Crippen LogP contribution is -2.44. The maximum absolute atomic E-state index is 12.9. The summed E-state index contributed by atoms with van der Waals surface area (Å²) >= 11 is 0. The van der Waals surface area contributed by atoms with Crippen LogP contribution >= 0.6 is 0 Å².